The summed E-state index contributed by atoms with van der Waals surface area (Å²) in [5.41, 5.74) is 11.4. The second kappa shape index (κ2) is 5.09. The zero-order valence-corrected chi connectivity index (χ0v) is 9.60. The minimum Gasteiger partial charge on any atom is -0.364 e. The maximum Gasteiger partial charge on any atom is 0.271 e. The van der Waals surface area contributed by atoms with Crippen molar-refractivity contribution in [2.45, 2.75) is 37.8 Å². The third-order valence-corrected chi connectivity index (χ3v) is 3.07. The summed E-state index contributed by atoms with van der Waals surface area (Å²) in [6, 6.07) is 0.227. The normalized spacial score (nSPS) is 24.3. The van der Waals surface area contributed by atoms with Gasteiger partial charge in [0.15, 0.2) is 11.5 Å². The first-order valence-electron chi connectivity index (χ1n) is 5.81. The fourth-order valence-electron chi connectivity index (χ4n) is 2.14. The molecule has 1 aromatic heterocycles. The SMILES string of the molecule is NC(=O)c1nccnc1N[C@@H]1CCCC[C@H]1N. The smallest absolute Gasteiger partial charge is 0.271 e. The maximum absolute atomic E-state index is 11.2. The maximum atomic E-state index is 11.2. The molecule has 0 bridgehead atoms. The van der Waals surface area contributed by atoms with Crippen LogP contribution in [0.4, 0.5) is 5.82 Å². The van der Waals surface area contributed by atoms with Gasteiger partial charge in [-0.2, -0.15) is 0 Å². The Kier molecular flexibility index (Phi) is 3.53. The Labute approximate surface area is 99.8 Å². The second-order valence-electron chi connectivity index (χ2n) is 4.32. The Balaban J connectivity index is 2.14. The molecule has 1 aliphatic carbocycles. The molecule has 6 nitrogen and oxygen atoms in total. The van der Waals surface area contributed by atoms with Gasteiger partial charge in [0.05, 0.1) is 0 Å². The van der Waals surface area contributed by atoms with Crippen LogP contribution < -0.4 is 16.8 Å². The van der Waals surface area contributed by atoms with Gasteiger partial charge in [0.1, 0.15) is 0 Å². The van der Waals surface area contributed by atoms with Crippen LogP contribution in [0.1, 0.15) is 36.2 Å². The first kappa shape index (κ1) is 11.8. The summed E-state index contributed by atoms with van der Waals surface area (Å²) in [6.45, 7) is 0. The molecule has 2 atom stereocenters. The average molecular weight is 235 g/mol. The number of aromatic nitrogens is 2. The van der Waals surface area contributed by atoms with Crippen LogP contribution in [0.5, 0.6) is 0 Å². The summed E-state index contributed by atoms with van der Waals surface area (Å²) >= 11 is 0. The number of hydrogen-bond acceptors (Lipinski definition) is 5. The van der Waals surface area contributed by atoms with E-state index < -0.39 is 5.91 Å². The minimum atomic E-state index is -0.579. The van der Waals surface area contributed by atoms with E-state index in [9.17, 15) is 4.79 Å². The highest BCUT2D eigenvalue weighted by atomic mass is 16.1. The van der Waals surface area contributed by atoms with Crippen molar-refractivity contribution in [2.75, 3.05) is 5.32 Å². The monoisotopic (exact) mass is 235 g/mol. The molecule has 0 aliphatic heterocycles. The van der Waals surface area contributed by atoms with Crippen molar-refractivity contribution >= 4 is 11.7 Å². The number of amides is 1. The van der Waals surface area contributed by atoms with Gasteiger partial charge >= 0.3 is 0 Å². The highest BCUT2D eigenvalue weighted by molar-refractivity contribution is 5.95. The summed E-state index contributed by atoms with van der Waals surface area (Å²) in [5.74, 6) is -0.146. The number of carbonyl (C=O) groups excluding carboxylic acids is 1. The third-order valence-electron chi connectivity index (χ3n) is 3.07. The highest BCUT2D eigenvalue weighted by Gasteiger charge is 2.23. The number of primary amides is 1. The van der Waals surface area contributed by atoms with Crippen molar-refractivity contribution in [3.8, 4) is 0 Å². The van der Waals surface area contributed by atoms with Gasteiger partial charge in [-0.3, -0.25) is 4.79 Å². The predicted molar refractivity (Wildman–Crippen MR) is 64.4 cm³/mol. The first-order chi connectivity index (χ1) is 8.18. The number of anilines is 1. The van der Waals surface area contributed by atoms with Crippen LogP contribution in [0.3, 0.4) is 0 Å². The van der Waals surface area contributed by atoms with Crippen molar-refractivity contribution in [3.05, 3.63) is 18.1 Å². The average Bonchev–Trinajstić information content (AvgIpc) is 2.32. The number of rotatable bonds is 3. The number of nitrogens with two attached hydrogens (primary N) is 2. The fourth-order valence-corrected chi connectivity index (χ4v) is 2.14. The van der Waals surface area contributed by atoms with Crippen molar-refractivity contribution in [1.29, 1.82) is 0 Å². The molecular weight excluding hydrogens is 218 g/mol. The molecule has 0 radical (unpaired) electrons. The van der Waals surface area contributed by atoms with E-state index in [-0.39, 0.29) is 17.8 Å². The summed E-state index contributed by atoms with van der Waals surface area (Å²) in [4.78, 5) is 19.2. The predicted octanol–water partition coefficient (Wildman–Crippen LogP) is 0.257. The summed E-state index contributed by atoms with van der Waals surface area (Å²) in [7, 11) is 0. The van der Waals surface area contributed by atoms with E-state index in [0.717, 1.165) is 25.7 Å². The van der Waals surface area contributed by atoms with Gasteiger partial charge in [0.25, 0.3) is 5.91 Å². The topological polar surface area (TPSA) is 107 Å². The lowest BCUT2D eigenvalue weighted by Crippen LogP contribution is -2.43. The van der Waals surface area contributed by atoms with Crippen molar-refractivity contribution in [2.24, 2.45) is 11.5 Å². The quantitative estimate of drug-likeness (QED) is 0.696. The van der Waals surface area contributed by atoms with Gasteiger partial charge in [-0.25, -0.2) is 9.97 Å². The highest BCUT2D eigenvalue weighted by Crippen LogP contribution is 2.21. The van der Waals surface area contributed by atoms with Crippen molar-refractivity contribution in [1.82, 2.24) is 9.97 Å². The Hall–Kier alpha value is -1.69. The summed E-state index contributed by atoms with van der Waals surface area (Å²) in [5, 5.41) is 3.18. The summed E-state index contributed by atoms with van der Waals surface area (Å²) < 4.78 is 0. The lowest BCUT2D eigenvalue weighted by Gasteiger charge is -2.29. The largest absolute Gasteiger partial charge is 0.364 e. The first-order valence-corrected chi connectivity index (χ1v) is 5.81. The molecule has 0 aromatic carbocycles. The van der Waals surface area contributed by atoms with Gasteiger partial charge in [-0.15, -0.1) is 0 Å². The minimum absolute atomic E-state index is 0.0893. The van der Waals surface area contributed by atoms with Crippen LogP contribution in [0.25, 0.3) is 0 Å². The number of hydrogen-bond donors (Lipinski definition) is 3. The molecule has 2 rings (SSSR count). The number of carbonyl (C=O) groups is 1. The summed E-state index contributed by atoms with van der Waals surface area (Å²) in [6.07, 6.45) is 7.25. The van der Waals surface area contributed by atoms with Crippen molar-refractivity contribution < 1.29 is 4.79 Å². The van der Waals surface area contributed by atoms with E-state index in [2.05, 4.69) is 15.3 Å². The molecular formula is C11H17N5O. The van der Waals surface area contributed by atoms with E-state index in [0.29, 0.717) is 5.82 Å². The van der Waals surface area contributed by atoms with E-state index in [1.54, 1.807) is 0 Å². The van der Waals surface area contributed by atoms with Crippen molar-refractivity contribution in [3.63, 3.8) is 0 Å². The van der Waals surface area contributed by atoms with Crippen LogP contribution in [0, 0.1) is 0 Å². The van der Waals surface area contributed by atoms with Gasteiger partial charge in [-0.05, 0) is 12.8 Å². The fraction of sp³-hybridized carbons (Fsp3) is 0.545. The number of nitrogens with one attached hydrogen (secondary N) is 1. The molecule has 1 aliphatic rings. The third kappa shape index (κ3) is 2.71. The van der Waals surface area contributed by atoms with E-state index in [4.69, 9.17) is 11.5 Å². The molecule has 1 heterocycles. The molecule has 0 saturated heterocycles. The van der Waals surface area contributed by atoms with Crippen LogP contribution in [0.2, 0.25) is 0 Å². The molecule has 0 unspecified atom stereocenters. The Morgan fingerprint density at radius 3 is 2.71 bits per heavy atom. The Morgan fingerprint density at radius 2 is 2.00 bits per heavy atom. The van der Waals surface area contributed by atoms with E-state index >= 15 is 0 Å². The molecule has 17 heavy (non-hydrogen) atoms. The lowest BCUT2D eigenvalue weighted by atomic mass is 9.91. The molecule has 92 valence electrons. The van der Waals surface area contributed by atoms with Gasteiger partial charge in [0, 0.05) is 24.5 Å². The van der Waals surface area contributed by atoms with Crippen LogP contribution >= 0.6 is 0 Å². The van der Waals surface area contributed by atoms with Crippen LogP contribution in [-0.2, 0) is 0 Å². The number of nitrogens with zero attached hydrogens (tertiary/aromatic N) is 2. The van der Waals surface area contributed by atoms with Crippen LogP contribution in [-0.4, -0.2) is 28.0 Å². The molecule has 1 saturated carbocycles. The zero-order chi connectivity index (χ0) is 12.3. The Bertz CT molecular complexity index is 409. The van der Waals surface area contributed by atoms with E-state index in [1.165, 1.54) is 12.4 Å². The lowest BCUT2D eigenvalue weighted by molar-refractivity contribution is 0.0996. The van der Waals surface area contributed by atoms with Crippen LogP contribution in [0.15, 0.2) is 12.4 Å². The molecule has 1 amide bonds. The molecule has 0 spiro atoms. The van der Waals surface area contributed by atoms with Gasteiger partial charge < -0.3 is 16.8 Å². The second-order valence-corrected chi connectivity index (χ2v) is 4.32. The van der Waals surface area contributed by atoms with Gasteiger partial charge in [0.2, 0.25) is 0 Å². The molecule has 5 N–H and O–H groups in total. The molecule has 6 heteroatoms. The Morgan fingerprint density at radius 1 is 1.29 bits per heavy atom. The molecule has 1 aromatic rings. The standard InChI is InChI=1S/C11H17N5O/c12-7-3-1-2-4-8(7)16-11-9(10(13)17)14-5-6-15-11/h5-8H,1-4,12H2,(H2,13,17)(H,15,16)/t7-,8-/m1/s1. The van der Waals surface area contributed by atoms with Gasteiger partial charge in [-0.1, -0.05) is 12.8 Å². The zero-order valence-electron chi connectivity index (χ0n) is 9.60. The van der Waals surface area contributed by atoms with E-state index in [1.807, 2.05) is 0 Å². The molecule has 1 fully saturated rings.